The van der Waals surface area contributed by atoms with Crippen LogP contribution in [0, 0.1) is 11.6 Å². The second-order valence-electron chi connectivity index (χ2n) is 8.60. The van der Waals surface area contributed by atoms with Crippen molar-refractivity contribution in [1.82, 2.24) is 9.80 Å². The maximum absolute atomic E-state index is 13.6. The van der Waals surface area contributed by atoms with E-state index < -0.39 is 0 Å². The van der Waals surface area contributed by atoms with E-state index in [9.17, 15) is 13.6 Å². The maximum Gasteiger partial charge on any atom is 0.255 e. The largest absolute Gasteiger partial charge is 0.336 e. The Morgan fingerprint density at radius 3 is 2.06 bits per heavy atom. The summed E-state index contributed by atoms with van der Waals surface area (Å²) >= 11 is 3.43. The quantitative estimate of drug-likeness (QED) is 0.422. The number of rotatable bonds is 5. The first-order valence-electron chi connectivity index (χ1n) is 11.5. The molecule has 1 aromatic heterocycles. The second kappa shape index (κ2) is 10.4. The van der Waals surface area contributed by atoms with Crippen LogP contribution in [0.4, 0.5) is 8.78 Å². The first-order valence-corrected chi connectivity index (χ1v) is 13.4. The monoisotopic (exact) mass is 496 g/mol. The van der Waals surface area contributed by atoms with Crippen molar-refractivity contribution in [3.63, 3.8) is 0 Å². The number of piperidine rings is 1. The summed E-state index contributed by atoms with van der Waals surface area (Å²) in [4.78, 5) is 17.3. The molecule has 3 nitrogen and oxygen atoms in total. The van der Waals surface area contributed by atoms with Gasteiger partial charge in [0.25, 0.3) is 5.91 Å². The highest BCUT2D eigenvalue weighted by molar-refractivity contribution is 8.01. The minimum absolute atomic E-state index is 0.147. The zero-order chi connectivity index (χ0) is 23.5. The Labute approximate surface area is 207 Å². The Bertz CT molecular complexity index is 1130. The van der Waals surface area contributed by atoms with Gasteiger partial charge in [-0.15, -0.1) is 23.1 Å². The first kappa shape index (κ1) is 23.3. The van der Waals surface area contributed by atoms with E-state index in [0.717, 1.165) is 77.8 Å². The highest BCUT2D eigenvalue weighted by atomic mass is 32.2. The number of thioether (sulfide) groups is 1. The van der Waals surface area contributed by atoms with Crippen LogP contribution in [0.5, 0.6) is 0 Å². The average molecular weight is 497 g/mol. The van der Waals surface area contributed by atoms with Crippen molar-refractivity contribution in [2.45, 2.75) is 17.1 Å². The Kier molecular flexibility index (Phi) is 7.13. The lowest BCUT2D eigenvalue weighted by Crippen LogP contribution is -2.41. The zero-order valence-electron chi connectivity index (χ0n) is 18.8. The molecule has 0 aliphatic carbocycles. The number of hydrogen-bond donors (Lipinski definition) is 0. The molecule has 0 saturated carbocycles. The molecule has 7 heteroatoms. The molecule has 2 aromatic carbocycles. The molecular formula is C27H26F2N2OS2. The van der Waals surface area contributed by atoms with E-state index >= 15 is 0 Å². The number of amides is 1. The third-order valence-corrected chi connectivity index (χ3v) is 8.72. The molecule has 1 saturated heterocycles. The van der Waals surface area contributed by atoms with Gasteiger partial charge in [0.05, 0.1) is 9.77 Å². The molecule has 3 heterocycles. The molecule has 0 N–H and O–H groups in total. The Balaban J connectivity index is 1.28. The van der Waals surface area contributed by atoms with Gasteiger partial charge in [-0.25, -0.2) is 8.78 Å². The van der Waals surface area contributed by atoms with E-state index in [0.29, 0.717) is 0 Å². The summed E-state index contributed by atoms with van der Waals surface area (Å²) in [7, 11) is 0. The van der Waals surface area contributed by atoms with E-state index in [2.05, 4.69) is 4.90 Å². The molecule has 0 atom stereocenters. The summed E-state index contributed by atoms with van der Waals surface area (Å²) in [6.45, 7) is 4.18. The smallest absolute Gasteiger partial charge is 0.255 e. The molecular weight excluding hydrogens is 470 g/mol. The number of thiophene rings is 1. The first-order chi connectivity index (χ1) is 16.6. The van der Waals surface area contributed by atoms with Crippen molar-refractivity contribution >= 4 is 34.6 Å². The lowest BCUT2D eigenvalue weighted by molar-refractivity contribution is 0.0744. The van der Waals surface area contributed by atoms with Gasteiger partial charge in [0, 0.05) is 38.5 Å². The van der Waals surface area contributed by atoms with Crippen molar-refractivity contribution in [3.8, 4) is 0 Å². The number of benzene rings is 2. The van der Waals surface area contributed by atoms with Gasteiger partial charge in [-0.3, -0.25) is 4.79 Å². The van der Waals surface area contributed by atoms with E-state index in [1.807, 2.05) is 16.3 Å². The number of carbonyl (C=O) groups is 1. The van der Waals surface area contributed by atoms with Gasteiger partial charge < -0.3 is 9.80 Å². The van der Waals surface area contributed by atoms with Crippen molar-refractivity contribution < 1.29 is 13.6 Å². The predicted octanol–water partition coefficient (Wildman–Crippen LogP) is 6.17. The predicted molar refractivity (Wildman–Crippen MR) is 135 cm³/mol. The number of nitrogens with zero attached hydrogens (tertiary/aromatic N) is 2. The molecule has 0 unspecified atom stereocenters. The van der Waals surface area contributed by atoms with Crippen LogP contribution >= 0.6 is 23.1 Å². The lowest BCUT2D eigenvalue weighted by Gasteiger charge is -2.32. The molecule has 34 heavy (non-hydrogen) atoms. The minimum Gasteiger partial charge on any atom is -0.336 e. The Morgan fingerprint density at radius 2 is 1.44 bits per heavy atom. The highest BCUT2D eigenvalue weighted by Gasteiger charge is 2.25. The van der Waals surface area contributed by atoms with Gasteiger partial charge in [0.1, 0.15) is 11.6 Å². The molecule has 0 radical (unpaired) electrons. The molecule has 1 fully saturated rings. The van der Waals surface area contributed by atoms with Crippen LogP contribution < -0.4 is 0 Å². The van der Waals surface area contributed by atoms with Gasteiger partial charge in [-0.2, -0.15) is 0 Å². The number of carbonyl (C=O) groups excluding carboxylic acids is 1. The van der Waals surface area contributed by atoms with Crippen LogP contribution in [0.1, 0.15) is 34.3 Å². The van der Waals surface area contributed by atoms with Gasteiger partial charge in [-0.1, -0.05) is 29.8 Å². The standard InChI is InChI=1S/C27H26F2N2OS2/c28-22-5-1-19(2-6-22)25(20-3-7-23(29)8-4-20)21-9-12-30(13-10-21)14-15-31-16-18-34-27-24(26(31)32)11-17-33-27/h1-8,11,17H,9-10,12-16,18H2. The molecule has 5 rings (SSSR count). The van der Waals surface area contributed by atoms with Crippen LogP contribution in [0.15, 0.2) is 69.8 Å². The van der Waals surface area contributed by atoms with Crippen LogP contribution in [0.2, 0.25) is 0 Å². The number of likely N-dealkylation sites (tertiary alicyclic amines) is 1. The molecule has 1 amide bonds. The number of hydrogen-bond acceptors (Lipinski definition) is 4. The summed E-state index contributed by atoms with van der Waals surface area (Å²) in [6, 6.07) is 15.0. The summed E-state index contributed by atoms with van der Waals surface area (Å²) in [5.41, 5.74) is 5.13. The lowest BCUT2D eigenvalue weighted by atomic mass is 9.88. The van der Waals surface area contributed by atoms with Crippen molar-refractivity contribution in [2.75, 3.05) is 38.5 Å². The molecule has 0 spiro atoms. The number of halogens is 2. The van der Waals surface area contributed by atoms with Gasteiger partial charge in [0.2, 0.25) is 0 Å². The molecule has 176 valence electrons. The Morgan fingerprint density at radius 1 is 0.824 bits per heavy atom. The topological polar surface area (TPSA) is 23.6 Å². The summed E-state index contributed by atoms with van der Waals surface area (Å²) in [5, 5.41) is 2.00. The van der Waals surface area contributed by atoms with Crippen molar-refractivity contribution in [3.05, 3.63) is 93.9 Å². The SMILES string of the molecule is O=C1c2ccsc2SCCN1CCN1CCC(=C(c2ccc(F)cc2)c2ccc(F)cc2)CC1. The Hall–Kier alpha value is -2.48. The van der Waals surface area contributed by atoms with Crippen LogP contribution in [-0.4, -0.2) is 54.2 Å². The minimum atomic E-state index is -0.266. The maximum atomic E-state index is 13.6. The zero-order valence-corrected chi connectivity index (χ0v) is 20.4. The fourth-order valence-electron chi connectivity index (χ4n) is 4.67. The number of fused-ring (bicyclic) bond motifs is 1. The summed E-state index contributed by atoms with van der Waals surface area (Å²) in [5.74, 6) is 0.551. The van der Waals surface area contributed by atoms with Gasteiger partial charge in [-0.05, 0) is 65.3 Å². The highest BCUT2D eigenvalue weighted by Crippen LogP contribution is 2.34. The third-order valence-electron chi connectivity index (χ3n) is 6.51. The van der Waals surface area contributed by atoms with Crippen molar-refractivity contribution in [1.29, 1.82) is 0 Å². The third kappa shape index (κ3) is 5.11. The normalized spacial score (nSPS) is 16.9. The summed E-state index contributed by atoms with van der Waals surface area (Å²) in [6.07, 6.45) is 1.78. The van der Waals surface area contributed by atoms with Crippen molar-refractivity contribution in [2.24, 2.45) is 0 Å². The molecule has 0 bridgehead atoms. The van der Waals surface area contributed by atoms with E-state index in [1.54, 1.807) is 47.4 Å². The van der Waals surface area contributed by atoms with E-state index in [1.165, 1.54) is 29.8 Å². The molecule has 2 aliphatic heterocycles. The van der Waals surface area contributed by atoms with E-state index in [-0.39, 0.29) is 17.5 Å². The van der Waals surface area contributed by atoms with Gasteiger partial charge >= 0.3 is 0 Å². The fraction of sp³-hybridized carbons (Fsp3) is 0.296. The van der Waals surface area contributed by atoms with E-state index in [4.69, 9.17) is 0 Å². The molecule has 3 aromatic rings. The average Bonchev–Trinajstić information content (AvgIpc) is 3.27. The van der Waals surface area contributed by atoms with Crippen LogP contribution in [-0.2, 0) is 0 Å². The van der Waals surface area contributed by atoms with Crippen LogP contribution in [0.25, 0.3) is 5.57 Å². The summed E-state index contributed by atoms with van der Waals surface area (Å²) < 4.78 is 28.2. The molecule has 2 aliphatic rings. The second-order valence-corrected chi connectivity index (χ2v) is 10.9. The fourth-order valence-corrected chi connectivity index (χ4v) is 6.77. The van der Waals surface area contributed by atoms with Gasteiger partial charge in [0.15, 0.2) is 0 Å². The van der Waals surface area contributed by atoms with Crippen LogP contribution in [0.3, 0.4) is 0 Å².